The smallest absolute Gasteiger partial charge is 0.243 e. The van der Waals surface area contributed by atoms with Gasteiger partial charge in [-0.2, -0.15) is 0 Å². The van der Waals surface area contributed by atoms with E-state index in [2.05, 4.69) is 10.6 Å². The number of benzene rings is 1. The first kappa shape index (κ1) is 19.6. The second-order valence-electron chi connectivity index (χ2n) is 7.13. The average molecular weight is 366 g/mol. The molecule has 0 spiro atoms. The number of halogens is 1. The van der Waals surface area contributed by atoms with Crippen LogP contribution in [0.5, 0.6) is 0 Å². The number of hydrogen-bond acceptors (Lipinski definition) is 3. The summed E-state index contributed by atoms with van der Waals surface area (Å²) in [5.41, 5.74) is 9.04. The number of carbonyl (C=O) groups excluding carboxylic acids is 2. The zero-order chi connectivity index (χ0) is 17.1. The molecule has 1 aromatic rings. The minimum atomic E-state index is -0.413. The summed E-state index contributed by atoms with van der Waals surface area (Å²) in [6.45, 7) is 1.48. The van der Waals surface area contributed by atoms with Crippen LogP contribution in [0.4, 0.5) is 5.69 Å². The van der Waals surface area contributed by atoms with E-state index in [-0.39, 0.29) is 36.2 Å². The molecular weight excluding hydrogens is 338 g/mol. The molecule has 2 atom stereocenters. The Hall–Kier alpha value is -1.75. The highest BCUT2D eigenvalue weighted by atomic mass is 35.5. The molecule has 2 aliphatic rings. The number of nitrogens with two attached hydrogens (primary N) is 1. The molecule has 25 heavy (non-hydrogen) atoms. The van der Waals surface area contributed by atoms with Crippen molar-refractivity contribution in [3.63, 3.8) is 0 Å². The van der Waals surface area contributed by atoms with Gasteiger partial charge >= 0.3 is 0 Å². The molecule has 6 heteroatoms. The fraction of sp³-hybridized carbons (Fsp3) is 0.579. The Morgan fingerprint density at radius 1 is 1.16 bits per heavy atom. The number of nitrogens with one attached hydrogen (secondary N) is 2. The first-order valence-electron chi connectivity index (χ1n) is 9.00. The van der Waals surface area contributed by atoms with E-state index in [1.807, 2.05) is 18.2 Å². The number of aryl methyl sites for hydroxylation is 1. The van der Waals surface area contributed by atoms with Crippen molar-refractivity contribution in [2.24, 2.45) is 5.92 Å². The normalized spacial score (nSPS) is 20.9. The largest absolute Gasteiger partial charge is 0.399 e. The number of hydrogen-bond donors (Lipinski definition) is 3. The lowest BCUT2D eigenvalue weighted by molar-refractivity contribution is -0.130. The van der Waals surface area contributed by atoms with Crippen LogP contribution >= 0.6 is 12.4 Å². The van der Waals surface area contributed by atoms with Gasteiger partial charge in [0.2, 0.25) is 11.8 Å². The van der Waals surface area contributed by atoms with E-state index < -0.39 is 6.04 Å². The van der Waals surface area contributed by atoms with Crippen molar-refractivity contribution < 1.29 is 9.59 Å². The third-order valence-electron chi connectivity index (χ3n) is 5.31. The molecule has 0 radical (unpaired) electrons. The molecule has 3 rings (SSSR count). The van der Waals surface area contributed by atoms with Gasteiger partial charge in [-0.05, 0) is 61.3 Å². The average Bonchev–Trinajstić information content (AvgIpc) is 3.06. The van der Waals surface area contributed by atoms with Gasteiger partial charge in [0, 0.05) is 12.6 Å². The summed E-state index contributed by atoms with van der Waals surface area (Å²) in [5.74, 6) is 0.0639. The third-order valence-corrected chi connectivity index (χ3v) is 5.31. The van der Waals surface area contributed by atoms with Crippen LogP contribution in [0, 0.1) is 5.92 Å². The number of amides is 2. The van der Waals surface area contributed by atoms with Crippen molar-refractivity contribution in [2.75, 3.05) is 5.73 Å². The van der Waals surface area contributed by atoms with Crippen LogP contribution < -0.4 is 16.4 Å². The van der Waals surface area contributed by atoms with Gasteiger partial charge in [-0.1, -0.05) is 18.9 Å². The molecule has 2 aliphatic carbocycles. The van der Waals surface area contributed by atoms with Crippen molar-refractivity contribution in [2.45, 2.75) is 64.0 Å². The van der Waals surface area contributed by atoms with Gasteiger partial charge in [0.1, 0.15) is 6.04 Å². The van der Waals surface area contributed by atoms with E-state index in [0.717, 1.165) is 56.2 Å². The Kier molecular flexibility index (Phi) is 6.71. The molecule has 1 saturated carbocycles. The fourth-order valence-electron chi connectivity index (χ4n) is 4.15. The Balaban J connectivity index is 0.00000225. The monoisotopic (exact) mass is 365 g/mol. The number of rotatable bonds is 4. The van der Waals surface area contributed by atoms with Crippen molar-refractivity contribution in [1.82, 2.24) is 10.6 Å². The fourth-order valence-corrected chi connectivity index (χ4v) is 4.15. The van der Waals surface area contributed by atoms with Crippen LogP contribution in [0.25, 0.3) is 0 Å². The van der Waals surface area contributed by atoms with Crippen LogP contribution in [0.3, 0.4) is 0 Å². The van der Waals surface area contributed by atoms with Crippen molar-refractivity contribution in [1.29, 1.82) is 0 Å². The Labute approximate surface area is 155 Å². The summed E-state index contributed by atoms with van der Waals surface area (Å²) in [6.07, 6.45) is 7.27. The van der Waals surface area contributed by atoms with E-state index in [1.54, 1.807) is 0 Å². The standard InChI is InChI=1S/C19H27N3O2.ClH/c1-12(23)21-18(13-5-2-3-6-13)19(24)22-17-8-4-7-14-11-15(20)9-10-16(14)17;/h9-11,13,17-18H,2-8,20H2,1H3,(H,21,23)(H,22,24);1H. The Bertz CT molecular complexity index is 629. The highest BCUT2D eigenvalue weighted by Crippen LogP contribution is 2.32. The minimum absolute atomic E-state index is 0. The number of anilines is 1. The third kappa shape index (κ3) is 4.66. The summed E-state index contributed by atoms with van der Waals surface area (Å²) < 4.78 is 0. The van der Waals surface area contributed by atoms with Gasteiger partial charge in [-0.15, -0.1) is 12.4 Å². The number of carbonyl (C=O) groups is 2. The molecule has 2 unspecified atom stereocenters. The molecule has 4 N–H and O–H groups in total. The van der Waals surface area contributed by atoms with Gasteiger partial charge in [0.05, 0.1) is 6.04 Å². The van der Waals surface area contributed by atoms with E-state index >= 15 is 0 Å². The SMILES string of the molecule is CC(=O)NC(C(=O)NC1CCCc2cc(N)ccc21)C1CCCC1.Cl. The first-order chi connectivity index (χ1) is 11.5. The van der Waals surface area contributed by atoms with E-state index in [9.17, 15) is 9.59 Å². The summed E-state index contributed by atoms with van der Waals surface area (Å²) in [6, 6.07) is 5.53. The molecule has 5 nitrogen and oxygen atoms in total. The molecule has 2 amide bonds. The highest BCUT2D eigenvalue weighted by molar-refractivity contribution is 5.87. The Morgan fingerprint density at radius 3 is 2.56 bits per heavy atom. The van der Waals surface area contributed by atoms with Crippen LogP contribution in [-0.2, 0) is 16.0 Å². The molecule has 0 aliphatic heterocycles. The summed E-state index contributed by atoms with van der Waals surface area (Å²) >= 11 is 0. The molecule has 138 valence electrons. The second-order valence-corrected chi connectivity index (χ2v) is 7.13. The molecule has 0 bridgehead atoms. The maximum atomic E-state index is 12.9. The molecule has 0 heterocycles. The molecule has 0 saturated heterocycles. The zero-order valence-corrected chi connectivity index (χ0v) is 15.5. The van der Waals surface area contributed by atoms with Gasteiger partial charge in [-0.3, -0.25) is 9.59 Å². The van der Waals surface area contributed by atoms with Gasteiger partial charge in [0.15, 0.2) is 0 Å². The topological polar surface area (TPSA) is 84.2 Å². The van der Waals surface area contributed by atoms with Crippen molar-refractivity contribution in [3.05, 3.63) is 29.3 Å². The quantitative estimate of drug-likeness (QED) is 0.717. The van der Waals surface area contributed by atoms with Gasteiger partial charge in [0.25, 0.3) is 0 Å². The van der Waals surface area contributed by atoms with E-state index in [4.69, 9.17) is 5.73 Å². The summed E-state index contributed by atoms with van der Waals surface area (Å²) in [4.78, 5) is 24.4. The molecular formula is C19H28ClN3O2. The second kappa shape index (κ2) is 8.56. The Morgan fingerprint density at radius 2 is 1.88 bits per heavy atom. The van der Waals surface area contributed by atoms with Crippen LogP contribution in [0.15, 0.2) is 18.2 Å². The summed E-state index contributed by atoms with van der Waals surface area (Å²) in [5, 5.41) is 6.06. The highest BCUT2D eigenvalue weighted by Gasteiger charge is 2.33. The maximum absolute atomic E-state index is 12.9. The zero-order valence-electron chi connectivity index (χ0n) is 14.7. The summed E-state index contributed by atoms with van der Waals surface area (Å²) in [7, 11) is 0. The van der Waals surface area contributed by atoms with Gasteiger partial charge in [-0.25, -0.2) is 0 Å². The van der Waals surface area contributed by atoms with Crippen LogP contribution in [0.1, 0.15) is 62.6 Å². The van der Waals surface area contributed by atoms with E-state index in [0.29, 0.717) is 0 Å². The van der Waals surface area contributed by atoms with Crippen LogP contribution in [-0.4, -0.2) is 17.9 Å². The van der Waals surface area contributed by atoms with Crippen molar-refractivity contribution in [3.8, 4) is 0 Å². The number of fused-ring (bicyclic) bond motifs is 1. The molecule has 1 aromatic carbocycles. The minimum Gasteiger partial charge on any atom is -0.399 e. The van der Waals surface area contributed by atoms with Crippen LogP contribution in [0.2, 0.25) is 0 Å². The first-order valence-corrected chi connectivity index (χ1v) is 9.00. The van der Waals surface area contributed by atoms with Crippen molar-refractivity contribution >= 4 is 29.9 Å². The van der Waals surface area contributed by atoms with Gasteiger partial charge < -0.3 is 16.4 Å². The lowest BCUT2D eigenvalue weighted by Crippen LogP contribution is -2.50. The predicted molar refractivity (Wildman–Crippen MR) is 101 cm³/mol. The maximum Gasteiger partial charge on any atom is 0.243 e. The van der Waals surface area contributed by atoms with E-state index in [1.165, 1.54) is 12.5 Å². The molecule has 0 aromatic heterocycles. The lowest BCUT2D eigenvalue weighted by Gasteiger charge is -2.30. The predicted octanol–water partition coefficient (Wildman–Crippen LogP) is 2.88. The lowest BCUT2D eigenvalue weighted by atomic mass is 9.86. The molecule has 1 fully saturated rings. The number of nitrogen functional groups attached to an aromatic ring is 1.